The molecular formula is C19H32ClN5O3. The molecule has 0 spiro atoms. The Balaban J connectivity index is 0.00000280. The van der Waals surface area contributed by atoms with Gasteiger partial charge in [-0.15, -0.1) is 12.4 Å². The molecule has 0 aromatic carbocycles. The van der Waals surface area contributed by atoms with Crippen molar-refractivity contribution in [1.29, 1.82) is 0 Å². The van der Waals surface area contributed by atoms with Crippen LogP contribution in [0.25, 0.3) is 0 Å². The SMILES string of the molecule is CC(C)c1noc(CCC(=O)N2CCCC(CNC(=O)C3CCCN3)C2)n1.Cl. The average molecular weight is 414 g/mol. The van der Waals surface area contributed by atoms with Gasteiger partial charge in [-0.25, -0.2) is 0 Å². The van der Waals surface area contributed by atoms with Gasteiger partial charge in [0.15, 0.2) is 5.82 Å². The summed E-state index contributed by atoms with van der Waals surface area (Å²) in [4.78, 5) is 30.9. The van der Waals surface area contributed by atoms with E-state index in [0.717, 1.165) is 38.8 Å². The first-order valence-corrected chi connectivity index (χ1v) is 10.1. The highest BCUT2D eigenvalue weighted by molar-refractivity contribution is 5.85. The van der Waals surface area contributed by atoms with Gasteiger partial charge in [0, 0.05) is 38.4 Å². The summed E-state index contributed by atoms with van der Waals surface area (Å²) >= 11 is 0. The van der Waals surface area contributed by atoms with Crippen LogP contribution in [0, 0.1) is 5.92 Å². The van der Waals surface area contributed by atoms with Crippen LogP contribution in [-0.2, 0) is 16.0 Å². The van der Waals surface area contributed by atoms with Crippen molar-refractivity contribution in [1.82, 2.24) is 25.7 Å². The lowest BCUT2D eigenvalue weighted by Gasteiger charge is -2.33. The highest BCUT2D eigenvalue weighted by Gasteiger charge is 2.26. The predicted molar refractivity (Wildman–Crippen MR) is 107 cm³/mol. The van der Waals surface area contributed by atoms with E-state index in [1.54, 1.807) is 0 Å². The van der Waals surface area contributed by atoms with Crippen molar-refractivity contribution in [2.75, 3.05) is 26.2 Å². The van der Waals surface area contributed by atoms with E-state index in [2.05, 4.69) is 20.8 Å². The third-order valence-electron chi connectivity index (χ3n) is 5.37. The normalized spacial score (nSPS) is 22.2. The molecule has 2 unspecified atom stereocenters. The number of piperidine rings is 1. The number of carbonyl (C=O) groups is 2. The summed E-state index contributed by atoms with van der Waals surface area (Å²) < 4.78 is 5.21. The predicted octanol–water partition coefficient (Wildman–Crippen LogP) is 1.65. The monoisotopic (exact) mass is 413 g/mol. The van der Waals surface area contributed by atoms with E-state index in [0.29, 0.717) is 43.6 Å². The number of aromatic nitrogens is 2. The second-order valence-corrected chi connectivity index (χ2v) is 7.94. The Morgan fingerprint density at radius 2 is 2.14 bits per heavy atom. The summed E-state index contributed by atoms with van der Waals surface area (Å²) in [6.45, 7) is 7.07. The molecule has 8 nitrogen and oxygen atoms in total. The highest BCUT2D eigenvalue weighted by atomic mass is 35.5. The Labute approximate surface area is 172 Å². The van der Waals surface area contributed by atoms with Crippen LogP contribution in [0.5, 0.6) is 0 Å². The second-order valence-electron chi connectivity index (χ2n) is 7.94. The Kier molecular flexibility index (Phi) is 8.69. The van der Waals surface area contributed by atoms with Crippen molar-refractivity contribution >= 4 is 24.2 Å². The van der Waals surface area contributed by atoms with Crippen molar-refractivity contribution in [2.24, 2.45) is 5.92 Å². The molecule has 2 N–H and O–H groups in total. The van der Waals surface area contributed by atoms with E-state index in [1.807, 2.05) is 18.7 Å². The Morgan fingerprint density at radius 1 is 1.32 bits per heavy atom. The molecule has 28 heavy (non-hydrogen) atoms. The van der Waals surface area contributed by atoms with Gasteiger partial charge in [-0.1, -0.05) is 19.0 Å². The summed E-state index contributed by atoms with van der Waals surface area (Å²) in [5.41, 5.74) is 0. The van der Waals surface area contributed by atoms with Gasteiger partial charge in [0.25, 0.3) is 0 Å². The maximum atomic E-state index is 12.5. The first-order valence-electron chi connectivity index (χ1n) is 10.1. The molecule has 1 aromatic rings. The zero-order valence-corrected chi connectivity index (χ0v) is 17.6. The van der Waals surface area contributed by atoms with Crippen LogP contribution in [0.4, 0.5) is 0 Å². The third-order valence-corrected chi connectivity index (χ3v) is 5.37. The third kappa shape index (κ3) is 6.17. The van der Waals surface area contributed by atoms with E-state index >= 15 is 0 Å². The average Bonchev–Trinajstić information content (AvgIpc) is 3.36. The molecule has 2 atom stereocenters. The number of nitrogens with one attached hydrogen (secondary N) is 2. The molecule has 2 aliphatic rings. The molecule has 3 rings (SSSR count). The van der Waals surface area contributed by atoms with Crippen molar-refractivity contribution in [3.63, 3.8) is 0 Å². The van der Waals surface area contributed by atoms with E-state index < -0.39 is 0 Å². The molecular weight excluding hydrogens is 382 g/mol. The topological polar surface area (TPSA) is 100 Å². The molecule has 0 aliphatic carbocycles. The quantitative estimate of drug-likeness (QED) is 0.705. The van der Waals surface area contributed by atoms with Gasteiger partial charge < -0.3 is 20.1 Å². The number of amides is 2. The molecule has 2 saturated heterocycles. The molecule has 2 aliphatic heterocycles. The molecule has 2 amide bonds. The standard InChI is InChI=1S/C19H31N5O3.ClH/c1-13(2)18-22-16(27-23-18)7-8-17(25)24-10-4-5-14(12-24)11-21-19(26)15-6-3-9-20-15;/h13-15,20H,3-12H2,1-2H3,(H,21,26);1H. The highest BCUT2D eigenvalue weighted by Crippen LogP contribution is 2.18. The molecule has 0 bridgehead atoms. The van der Waals surface area contributed by atoms with Gasteiger partial charge in [-0.3, -0.25) is 9.59 Å². The van der Waals surface area contributed by atoms with Gasteiger partial charge in [-0.2, -0.15) is 4.98 Å². The van der Waals surface area contributed by atoms with E-state index in [4.69, 9.17) is 4.52 Å². The minimum atomic E-state index is -0.0449. The number of carbonyl (C=O) groups excluding carboxylic acids is 2. The lowest BCUT2D eigenvalue weighted by Crippen LogP contribution is -2.46. The van der Waals surface area contributed by atoms with E-state index in [9.17, 15) is 9.59 Å². The molecule has 158 valence electrons. The zero-order valence-electron chi connectivity index (χ0n) is 16.8. The van der Waals surface area contributed by atoms with Crippen LogP contribution in [-0.4, -0.2) is 59.1 Å². The van der Waals surface area contributed by atoms with Gasteiger partial charge in [0.1, 0.15) is 0 Å². The molecule has 0 radical (unpaired) electrons. The number of likely N-dealkylation sites (tertiary alicyclic amines) is 1. The smallest absolute Gasteiger partial charge is 0.237 e. The van der Waals surface area contributed by atoms with Crippen molar-refractivity contribution in [3.8, 4) is 0 Å². The lowest BCUT2D eigenvalue weighted by atomic mass is 9.97. The van der Waals surface area contributed by atoms with Gasteiger partial charge >= 0.3 is 0 Å². The zero-order chi connectivity index (χ0) is 19.2. The lowest BCUT2D eigenvalue weighted by molar-refractivity contribution is -0.133. The summed E-state index contributed by atoms with van der Waals surface area (Å²) in [6.07, 6.45) is 4.85. The number of hydrogen-bond acceptors (Lipinski definition) is 6. The molecule has 1 aromatic heterocycles. The van der Waals surface area contributed by atoms with Crippen LogP contribution in [0.3, 0.4) is 0 Å². The molecule has 9 heteroatoms. The van der Waals surface area contributed by atoms with Gasteiger partial charge in [0.2, 0.25) is 17.7 Å². The van der Waals surface area contributed by atoms with Crippen LogP contribution >= 0.6 is 12.4 Å². The second kappa shape index (κ2) is 10.8. The Bertz CT molecular complexity index is 645. The van der Waals surface area contributed by atoms with Gasteiger partial charge in [-0.05, 0) is 38.1 Å². The number of rotatable bonds is 7. The van der Waals surface area contributed by atoms with Gasteiger partial charge in [0.05, 0.1) is 6.04 Å². The largest absolute Gasteiger partial charge is 0.354 e. The van der Waals surface area contributed by atoms with E-state index in [1.165, 1.54) is 0 Å². The fraction of sp³-hybridized carbons (Fsp3) is 0.789. The Hall–Kier alpha value is -1.67. The van der Waals surface area contributed by atoms with Crippen molar-refractivity contribution in [3.05, 3.63) is 11.7 Å². The number of halogens is 1. The summed E-state index contributed by atoms with van der Waals surface area (Å²) in [5.74, 6) is 1.96. The van der Waals surface area contributed by atoms with E-state index in [-0.39, 0.29) is 36.2 Å². The number of hydrogen-bond donors (Lipinski definition) is 2. The summed E-state index contributed by atoms with van der Waals surface area (Å²) in [7, 11) is 0. The summed E-state index contributed by atoms with van der Waals surface area (Å²) in [6, 6.07) is -0.0449. The maximum Gasteiger partial charge on any atom is 0.237 e. The van der Waals surface area contributed by atoms with Crippen LogP contribution in [0.15, 0.2) is 4.52 Å². The van der Waals surface area contributed by atoms with Crippen LogP contribution in [0.2, 0.25) is 0 Å². The molecule has 2 fully saturated rings. The van der Waals surface area contributed by atoms with Crippen LogP contribution < -0.4 is 10.6 Å². The van der Waals surface area contributed by atoms with Crippen LogP contribution in [0.1, 0.15) is 63.6 Å². The number of nitrogens with zero attached hydrogens (tertiary/aromatic N) is 3. The fourth-order valence-corrected chi connectivity index (χ4v) is 3.71. The summed E-state index contributed by atoms with van der Waals surface area (Å²) in [5, 5.41) is 10.2. The first kappa shape index (κ1) is 22.6. The minimum Gasteiger partial charge on any atom is -0.354 e. The molecule has 0 saturated carbocycles. The molecule has 3 heterocycles. The maximum absolute atomic E-state index is 12.5. The minimum absolute atomic E-state index is 0. The number of aryl methyl sites for hydroxylation is 1. The van der Waals surface area contributed by atoms with Crippen molar-refractivity contribution < 1.29 is 14.1 Å². The first-order chi connectivity index (χ1) is 13.0. The Morgan fingerprint density at radius 3 is 2.82 bits per heavy atom. The van der Waals surface area contributed by atoms with Crippen molar-refractivity contribution in [2.45, 2.75) is 64.3 Å². The fourth-order valence-electron chi connectivity index (χ4n) is 3.71.